The van der Waals surface area contributed by atoms with Gasteiger partial charge in [0, 0.05) is 6.54 Å². The van der Waals surface area contributed by atoms with Gasteiger partial charge in [0.25, 0.3) is 5.91 Å². The van der Waals surface area contributed by atoms with Crippen molar-refractivity contribution in [3.63, 3.8) is 0 Å². The van der Waals surface area contributed by atoms with Gasteiger partial charge < -0.3 is 4.90 Å². The van der Waals surface area contributed by atoms with Gasteiger partial charge in [0.1, 0.15) is 12.1 Å². The summed E-state index contributed by atoms with van der Waals surface area (Å²) in [5.74, 6) is 0.0494. The summed E-state index contributed by atoms with van der Waals surface area (Å²) in [6.07, 6.45) is 2.23. The first-order valence-corrected chi connectivity index (χ1v) is 8.31. The van der Waals surface area contributed by atoms with Crippen LogP contribution in [0.5, 0.6) is 0 Å². The van der Waals surface area contributed by atoms with Crippen LogP contribution in [-0.2, 0) is 9.59 Å². The van der Waals surface area contributed by atoms with Crippen LogP contribution in [0.4, 0.5) is 5.69 Å². The van der Waals surface area contributed by atoms with Crippen molar-refractivity contribution in [2.45, 2.75) is 38.3 Å². The van der Waals surface area contributed by atoms with Crippen LogP contribution in [0.15, 0.2) is 22.7 Å². The monoisotopic (exact) mass is 370 g/mol. The van der Waals surface area contributed by atoms with Crippen molar-refractivity contribution in [2.24, 2.45) is 0 Å². The number of hydrogen-bond acceptors (Lipinski definition) is 2. The Morgan fingerprint density at radius 1 is 1.33 bits per heavy atom. The predicted molar refractivity (Wildman–Crippen MR) is 85.5 cm³/mol. The maximum atomic E-state index is 12.9. The Balaban J connectivity index is 2.08. The van der Waals surface area contributed by atoms with Crippen molar-refractivity contribution in [1.29, 1.82) is 0 Å². The third kappa shape index (κ3) is 2.27. The summed E-state index contributed by atoms with van der Waals surface area (Å²) in [5, 5.41) is 0.538. The quantitative estimate of drug-likeness (QED) is 0.801. The number of piperazine rings is 1. The molecule has 0 radical (unpaired) electrons. The molecule has 2 unspecified atom stereocenters. The number of nitrogens with zero attached hydrogens (tertiary/aromatic N) is 2. The minimum atomic E-state index is -0.443. The van der Waals surface area contributed by atoms with E-state index in [0.29, 0.717) is 28.1 Å². The average Bonchev–Trinajstić information content (AvgIpc) is 2.96. The van der Waals surface area contributed by atoms with Crippen LogP contribution in [0.3, 0.4) is 0 Å². The number of halogens is 2. The topological polar surface area (TPSA) is 40.6 Å². The standard InChI is InChI=1S/C15H16BrClN2O2/c1-2-10-14(20)18-8-4-7-12(18)15(21)19(10)11-6-3-5-9(17)13(11)16/h3,5-6,10,12H,2,4,7-8H2,1H3. The van der Waals surface area contributed by atoms with Gasteiger partial charge in [0.15, 0.2) is 0 Å². The molecule has 2 heterocycles. The van der Waals surface area contributed by atoms with Gasteiger partial charge >= 0.3 is 0 Å². The van der Waals surface area contributed by atoms with Crippen molar-refractivity contribution >= 4 is 45.0 Å². The molecule has 2 atom stereocenters. The summed E-state index contributed by atoms with van der Waals surface area (Å²) in [7, 11) is 0. The van der Waals surface area contributed by atoms with Crippen LogP contribution in [0.25, 0.3) is 0 Å². The van der Waals surface area contributed by atoms with Crippen LogP contribution < -0.4 is 4.90 Å². The molecule has 112 valence electrons. The summed E-state index contributed by atoms with van der Waals surface area (Å²) in [4.78, 5) is 28.9. The summed E-state index contributed by atoms with van der Waals surface area (Å²) in [6.45, 7) is 2.62. The van der Waals surface area contributed by atoms with Crippen LogP contribution >= 0.6 is 27.5 Å². The van der Waals surface area contributed by atoms with Gasteiger partial charge in [-0.3, -0.25) is 14.5 Å². The van der Waals surface area contributed by atoms with E-state index >= 15 is 0 Å². The number of fused-ring (bicyclic) bond motifs is 1. The van der Waals surface area contributed by atoms with Gasteiger partial charge in [-0.2, -0.15) is 0 Å². The van der Waals surface area contributed by atoms with Gasteiger partial charge in [-0.05, 0) is 47.3 Å². The minimum absolute atomic E-state index is 0.00177. The summed E-state index contributed by atoms with van der Waals surface area (Å²) in [5.41, 5.74) is 0.680. The van der Waals surface area contributed by atoms with Crippen molar-refractivity contribution in [3.8, 4) is 0 Å². The first-order valence-electron chi connectivity index (χ1n) is 7.13. The molecule has 0 saturated carbocycles. The van der Waals surface area contributed by atoms with E-state index in [4.69, 9.17) is 11.6 Å². The van der Waals surface area contributed by atoms with Gasteiger partial charge in [0.2, 0.25) is 5.91 Å². The van der Waals surface area contributed by atoms with Crippen LogP contribution in [0.1, 0.15) is 26.2 Å². The minimum Gasteiger partial charge on any atom is -0.329 e. The lowest BCUT2D eigenvalue weighted by Gasteiger charge is -2.42. The lowest BCUT2D eigenvalue weighted by Crippen LogP contribution is -2.63. The SMILES string of the molecule is CCC1C(=O)N2CCCC2C(=O)N1c1cccc(Cl)c1Br. The molecule has 0 aromatic heterocycles. The lowest BCUT2D eigenvalue weighted by atomic mass is 10.0. The average molecular weight is 372 g/mol. The molecule has 2 saturated heterocycles. The Morgan fingerprint density at radius 3 is 2.81 bits per heavy atom. The Kier molecular flexibility index (Phi) is 3.97. The second-order valence-electron chi connectivity index (χ2n) is 5.39. The molecule has 2 amide bonds. The highest BCUT2D eigenvalue weighted by Gasteiger charge is 2.48. The number of hydrogen-bond donors (Lipinski definition) is 0. The van der Waals surface area contributed by atoms with E-state index in [-0.39, 0.29) is 17.9 Å². The molecule has 1 aromatic carbocycles. The van der Waals surface area contributed by atoms with Gasteiger partial charge in [0.05, 0.1) is 15.2 Å². The van der Waals surface area contributed by atoms with Crippen molar-refractivity contribution < 1.29 is 9.59 Å². The largest absolute Gasteiger partial charge is 0.329 e. The molecule has 2 aliphatic heterocycles. The third-order valence-corrected chi connectivity index (χ3v) is 5.61. The number of carbonyl (C=O) groups excluding carboxylic acids is 2. The molecule has 4 nitrogen and oxygen atoms in total. The van der Waals surface area contributed by atoms with Gasteiger partial charge in [-0.25, -0.2) is 0 Å². The highest BCUT2D eigenvalue weighted by molar-refractivity contribution is 9.10. The normalized spacial score (nSPS) is 25.5. The zero-order chi connectivity index (χ0) is 15.1. The second-order valence-corrected chi connectivity index (χ2v) is 6.60. The fourth-order valence-electron chi connectivity index (χ4n) is 3.23. The molecule has 0 aliphatic carbocycles. The maximum Gasteiger partial charge on any atom is 0.250 e. The third-order valence-electron chi connectivity index (χ3n) is 4.23. The highest BCUT2D eigenvalue weighted by Crippen LogP contribution is 2.38. The van der Waals surface area contributed by atoms with E-state index in [9.17, 15) is 9.59 Å². The second kappa shape index (κ2) is 5.61. The van der Waals surface area contributed by atoms with Crippen molar-refractivity contribution in [1.82, 2.24) is 4.90 Å². The van der Waals surface area contributed by atoms with E-state index in [1.54, 1.807) is 21.9 Å². The molecule has 2 aliphatic rings. The predicted octanol–water partition coefficient (Wildman–Crippen LogP) is 3.22. The molecule has 0 spiro atoms. The molecule has 21 heavy (non-hydrogen) atoms. The van der Waals surface area contributed by atoms with Crippen LogP contribution in [0, 0.1) is 0 Å². The Labute approximate surface area is 137 Å². The van der Waals surface area contributed by atoms with E-state index in [0.717, 1.165) is 12.8 Å². The molecule has 0 bridgehead atoms. The summed E-state index contributed by atoms with van der Waals surface area (Å²) >= 11 is 9.58. The van der Waals surface area contributed by atoms with Crippen LogP contribution in [0.2, 0.25) is 5.02 Å². The van der Waals surface area contributed by atoms with Gasteiger partial charge in [-0.15, -0.1) is 0 Å². The van der Waals surface area contributed by atoms with Crippen molar-refractivity contribution in [2.75, 3.05) is 11.4 Å². The van der Waals surface area contributed by atoms with E-state index in [2.05, 4.69) is 15.9 Å². The van der Waals surface area contributed by atoms with Crippen LogP contribution in [-0.4, -0.2) is 35.3 Å². The molecule has 1 aromatic rings. The van der Waals surface area contributed by atoms with E-state index < -0.39 is 6.04 Å². The van der Waals surface area contributed by atoms with E-state index in [1.165, 1.54) is 0 Å². The number of rotatable bonds is 2. The number of anilines is 1. The Bertz CT molecular complexity index is 607. The molecule has 0 N–H and O–H groups in total. The summed E-state index contributed by atoms with van der Waals surface area (Å²) in [6, 6.07) is 4.63. The summed E-state index contributed by atoms with van der Waals surface area (Å²) < 4.78 is 0.665. The van der Waals surface area contributed by atoms with Gasteiger partial charge in [-0.1, -0.05) is 24.6 Å². The van der Waals surface area contributed by atoms with Crippen molar-refractivity contribution in [3.05, 3.63) is 27.7 Å². The maximum absolute atomic E-state index is 12.9. The molecule has 3 rings (SSSR count). The first kappa shape index (κ1) is 14.9. The highest BCUT2D eigenvalue weighted by atomic mass is 79.9. The lowest BCUT2D eigenvalue weighted by molar-refractivity contribution is -0.144. The van der Waals surface area contributed by atoms with E-state index in [1.807, 2.05) is 13.0 Å². The smallest absolute Gasteiger partial charge is 0.250 e. The Hall–Kier alpha value is -1.07. The number of carbonyl (C=O) groups is 2. The molecule has 2 fully saturated rings. The zero-order valence-electron chi connectivity index (χ0n) is 11.7. The molecule has 6 heteroatoms. The zero-order valence-corrected chi connectivity index (χ0v) is 14.0. The molecular weight excluding hydrogens is 356 g/mol. The molecular formula is C15H16BrClN2O2. The fraction of sp³-hybridized carbons (Fsp3) is 0.467. The Morgan fingerprint density at radius 2 is 2.10 bits per heavy atom. The first-order chi connectivity index (χ1) is 10.1. The number of amides is 2. The fourth-order valence-corrected chi connectivity index (χ4v) is 3.85. The number of benzene rings is 1.